The van der Waals surface area contributed by atoms with Crippen LogP contribution >= 0.6 is 0 Å². The van der Waals surface area contributed by atoms with E-state index in [1.807, 2.05) is 6.92 Å². The molecule has 1 N–H and O–H groups in total. The van der Waals surface area contributed by atoms with Crippen molar-refractivity contribution >= 4 is 0 Å². The van der Waals surface area contributed by atoms with Gasteiger partial charge < -0.3 is 4.74 Å². The summed E-state index contributed by atoms with van der Waals surface area (Å²) < 4.78 is 5.71. The quantitative estimate of drug-likeness (QED) is 0.748. The monoisotopic (exact) mass is 211 g/mol. The number of rotatable bonds is 7. The molecule has 0 saturated carbocycles. The lowest BCUT2D eigenvalue weighted by molar-refractivity contribution is 0.0269. The van der Waals surface area contributed by atoms with E-state index in [0.29, 0.717) is 12.4 Å². The lowest BCUT2D eigenvalue weighted by Gasteiger charge is -2.15. The largest absolute Gasteiger partial charge is 0.370 e. The fraction of sp³-hybridized carbons (Fsp3) is 0.800. The van der Waals surface area contributed by atoms with E-state index in [1.165, 1.54) is 0 Å². The summed E-state index contributed by atoms with van der Waals surface area (Å²) in [5.41, 5.74) is 0. The number of ether oxygens (including phenoxy) is 1. The van der Waals surface area contributed by atoms with Gasteiger partial charge in [0.2, 0.25) is 0 Å². The van der Waals surface area contributed by atoms with Gasteiger partial charge in [0.1, 0.15) is 6.10 Å². The zero-order chi connectivity index (χ0) is 11.1. The molecule has 0 saturated heterocycles. The maximum absolute atomic E-state index is 5.71. The van der Waals surface area contributed by atoms with Gasteiger partial charge in [-0.1, -0.05) is 26.7 Å². The molecule has 0 bridgehead atoms. The maximum atomic E-state index is 5.71. The van der Waals surface area contributed by atoms with Crippen LogP contribution in [0.3, 0.4) is 0 Å². The van der Waals surface area contributed by atoms with E-state index in [2.05, 4.69) is 34.5 Å². The first kappa shape index (κ1) is 12.1. The van der Waals surface area contributed by atoms with Crippen molar-refractivity contribution in [2.75, 3.05) is 6.61 Å². The Morgan fingerprint density at radius 1 is 1.53 bits per heavy atom. The van der Waals surface area contributed by atoms with Crippen LogP contribution in [-0.4, -0.2) is 27.2 Å². The Balaban J connectivity index is 2.46. The fourth-order valence-electron chi connectivity index (χ4n) is 1.27. The minimum atomic E-state index is -0.0239. The van der Waals surface area contributed by atoms with Gasteiger partial charge in [0.05, 0.1) is 6.61 Å². The Morgan fingerprint density at radius 2 is 2.33 bits per heavy atom. The Labute approximate surface area is 90.6 Å². The average molecular weight is 211 g/mol. The van der Waals surface area contributed by atoms with Crippen LogP contribution in [0.25, 0.3) is 0 Å². The van der Waals surface area contributed by atoms with E-state index in [1.54, 1.807) is 0 Å². The van der Waals surface area contributed by atoms with Gasteiger partial charge in [0, 0.05) is 0 Å². The van der Waals surface area contributed by atoms with Gasteiger partial charge in [0.15, 0.2) is 5.82 Å². The molecular weight excluding hydrogens is 192 g/mol. The molecule has 0 fully saturated rings. The first-order valence-electron chi connectivity index (χ1n) is 5.42. The second-order valence-corrected chi connectivity index (χ2v) is 3.86. The molecule has 85 valence electrons. The number of tetrazole rings is 1. The molecule has 2 unspecified atom stereocenters. The third-order valence-electron chi connectivity index (χ3n) is 2.07. The predicted molar refractivity (Wildman–Crippen MR) is 56.9 cm³/mol. The normalized spacial score (nSPS) is 13.3. The number of hydrogen-bond acceptors (Lipinski definition) is 4. The van der Waals surface area contributed by atoms with Crippen molar-refractivity contribution in [3.05, 3.63) is 12.7 Å². The number of nitrogens with zero attached hydrogens (tertiary/aromatic N) is 3. The van der Waals surface area contributed by atoms with Crippen LogP contribution in [-0.2, 0) is 4.74 Å². The van der Waals surface area contributed by atoms with Gasteiger partial charge in [-0.25, -0.2) is 5.10 Å². The van der Waals surface area contributed by atoms with Gasteiger partial charge in [-0.3, -0.25) is 0 Å². The molecule has 0 aliphatic carbocycles. The van der Waals surface area contributed by atoms with Crippen molar-refractivity contribution in [3.63, 3.8) is 0 Å². The molecule has 1 heterocycles. The van der Waals surface area contributed by atoms with E-state index in [0.717, 1.165) is 19.3 Å². The number of aromatic nitrogens is 4. The molecule has 0 spiro atoms. The molecule has 1 rings (SSSR count). The summed E-state index contributed by atoms with van der Waals surface area (Å²) in [6.07, 6.45) is 3.17. The Kier molecular flexibility index (Phi) is 5.25. The van der Waals surface area contributed by atoms with Crippen molar-refractivity contribution in [1.29, 1.82) is 0 Å². The first-order valence-corrected chi connectivity index (χ1v) is 5.42. The highest BCUT2D eigenvalue weighted by Gasteiger charge is 2.15. The molecule has 2 atom stereocenters. The van der Waals surface area contributed by atoms with Crippen LogP contribution in [0.4, 0.5) is 0 Å². The highest BCUT2D eigenvalue weighted by atomic mass is 16.5. The smallest absolute Gasteiger partial charge is 0.177 e. The molecule has 1 aromatic rings. The van der Waals surface area contributed by atoms with E-state index >= 15 is 0 Å². The maximum Gasteiger partial charge on any atom is 0.177 e. The molecule has 0 aliphatic heterocycles. The molecule has 0 amide bonds. The summed E-state index contributed by atoms with van der Waals surface area (Å²) in [5.74, 6) is 0.995. The van der Waals surface area contributed by atoms with Gasteiger partial charge in [-0.15, -0.1) is 5.10 Å². The zero-order valence-corrected chi connectivity index (χ0v) is 9.44. The fourth-order valence-corrected chi connectivity index (χ4v) is 1.27. The summed E-state index contributed by atoms with van der Waals surface area (Å²) in [6.45, 7) is 8.69. The van der Waals surface area contributed by atoms with E-state index < -0.39 is 0 Å². The molecule has 5 heteroatoms. The van der Waals surface area contributed by atoms with Crippen molar-refractivity contribution < 1.29 is 4.74 Å². The zero-order valence-electron chi connectivity index (χ0n) is 9.44. The van der Waals surface area contributed by atoms with E-state index in [4.69, 9.17) is 4.74 Å². The molecule has 0 aliphatic rings. The minimum Gasteiger partial charge on any atom is -0.370 e. The van der Waals surface area contributed by atoms with Gasteiger partial charge >= 0.3 is 0 Å². The van der Waals surface area contributed by atoms with Crippen LogP contribution in [0.2, 0.25) is 0 Å². The Morgan fingerprint density at radius 3 is 2.87 bits per heavy atom. The molecule has 1 radical (unpaired) electrons. The van der Waals surface area contributed by atoms with Gasteiger partial charge in [-0.05, 0) is 29.7 Å². The summed E-state index contributed by atoms with van der Waals surface area (Å²) in [4.78, 5) is 0. The second-order valence-electron chi connectivity index (χ2n) is 3.86. The minimum absolute atomic E-state index is 0.0239. The summed E-state index contributed by atoms with van der Waals surface area (Å²) in [7, 11) is 0. The second kappa shape index (κ2) is 6.50. The van der Waals surface area contributed by atoms with Crippen LogP contribution in [0.1, 0.15) is 45.0 Å². The van der Waals surface area contributed by atoms with Gasteiger partial charge in [0.25, 0.3) is 0 Å². The summed E-state index contributed by atoms with van der Waals surface area (Å²) in [6, 6.07) is 0. The highest BCUT2D eigenvalue weighted by molar-refractivity contribution is 4.84. The number of unbranched alkanes of at least 4 members (excludes halogenated alkanes) is 1. The standard InChI is InChI=1S/C10H19N4O/c1-4-5-6-9(15-7-8(2)3)10-11-13-14-12-10/h8-9H,2,4-7H2,1,3H3,(H,11,12,13,14). The molecule has 1 aromatic heterocycles. The summed E-state index contributed by atoms with van der Waals surface area (Å²) >= 11 is 0. The highest BCUT2D eigenvalue weighted by Crippen LogP contribution is 2.20. The first-order chi connectivity index (χ1) is 7.24. The van der Waals surface area contributed by atoms with Crippen molar-refractivity contribution in [2.45, 2.75) is 39.2 Å². The SMILES string of the molecule is [CH2]C(C)COC(CCCC)c1nnn[nH]1. The molecular formula is C10H19N4O. The van der Waals surface area contributed by atoms with E-state index in [9.17, 15) is 0 Å². The number of nitrogens with one attached hydrogen (secondary N) is 1. The summed E-state index contributed by atoms with van der Waals surface area (Å²) in [5, 5.41) is 13.8. The van der Waals surface area contributed by atoms with Gasteiger partial charge in [-0.2, -0.15) is 0 Å². The Bertz CT molecular complexity index is 248. The van der Waals surface area contributed by atoms with Crippen LogP contribution in [0.5, 0.6) is 0 Å². The molecule has 0 aromatic carbocycles. The van der Waals surface area contributed by atoms with Crippen molar-refractivity contribution in [3.8, 4) is 0 Å². The van der Waals surface area contributed by atoms with E-state index in [-0.39, 0.29) is 12.0 Å². The van der Waals surface area contributed by atoms with Crippen LogP contribution in [0, 0.1) is 12.8 Å². The third-order valence-corrected chi connectivity index (χ3v) is 2.07. The molecule has 15 heavy (non-hydrogen) atoms. The molecule has 5 nitrogen and oxygen atoms in total. The lowest BCUT2D eigenvalue weighted by Crippen LogP contribution is -2.11. The van der Waals surface area contributed by atoms with Crippen molar-refractivity contribution in [2.24, 2.45) is 5.92 Å². The number of hydrogen-bond donors (Lipinski definition) is 1. The predicted octanol–water partition coefficient (Wildman–Crippen LogP) is 1.92. The lowest BCUT2D eigenvalue weighted by atomic mass is 10.1. The topological polar surface area (TPSA) is 63.7 Å². The van der Waals surface area contributed by atoms with Crippen LogP contribution < -0.4 is 0 Å². The average Bonchev–Trinajstić information content (AvgIpc) is 2.71. The Hall–Kier alpha value is -0.970. The third kappa shape index (κ3) is 4.38. The van der Waals surface area contributed by atoms with Crippen molar-refractivity contribution in [1.82, 2.24) is 20.6 Å². The van der Waals surface area contributed by atoms with Crippen LogP contribution in [0.15, 0.2) is 0 Å². The number of aromatic amines is 1. The number of H-pyrrole nitrogens is 1.